The van der Waals surface area contributed by atoms with Crippen molar-refractivity contribution in [1.82, 2.24) is 10.2 Å². The summed E-state index contributed by atoms with van der Waals surface area (Å²) in [4.78, 5) is 29.0. The Morgan fingerprint density at radius 3 is 2.52 bits per heavy atom. The molecule has 3 aliphatic heterocycles. The Labute approximate surface area is 162 Å². The van der Waals surface area contributed by atoms with Crippen LogP contribution >= 0.6 is 28.3 Å². The molecule has 1 unspecified atom stereocenters. The smallest absolute Gasteiger partial charge is 0.228 e. The molecule has 7 heteroatoms. The number of halogens is 2. The van der Waals surface area contributed by atoms with Gasteiger partial charge in [0.1, 0.15) is 0 Å². The third kappa shape index (κ3) is 3.44. The van der Waals surface area contributed by atoms with Gasteiger partial charge in [0.15, 0.2) is 0 Å². The van der Waals surface area contributed by atoms with E-state index in [2.05, 4.69) is 21.2 Å². The van der Waals surface area contributed by atoms with Crippen molar-refractivity contribution in [3.05, 3.63) is 28.2 Å². The second kappa shape index (κ2) is 7.25. The highest BCUT2D eigenvalue weighted by molar-refractivity contribution is 9.10. The fourth-order valence-corrected chi connectivity index (χ4v) is 4.46. The van der Waals surface area contributed by atoms with Crippen LogP contribution in [0.5, 0.6) is 0 Å². The Morgan fingerprint density at radius 2 is 1.88 bits per heavy atom. The first kappa shape index (κ1) is 18.7. The van der Waals surface area contributed by atoms with Crippen molar-refractivity contribution in [3.8, 4) is 0 Å². The molecule has 2 amide bonds. The summed E-state index contributed by atoms with van der Waals surface area (Å²) in [6.45, 7) is 6.23. The van der Waals surface area contributed by atoms with Crippen molar-refractivity contribution in [1.29, 1.82) is 0 Å². The number of amides is 2. The molecule has 1 aromatic carbocycles. The molecule has 0 radical (unpaired) electrons. The molecular weight excluding hydrogens is 406 g/mol. The molecule has 0 saturated carbocycles. The van der Waals surface area contributed by atoms with Crippen LogP contribution in [0.15, 0.2) is 22.7 Å². The van der Waals surface area contributed by atoms with E-state index in [9.17, 15) is 9.59 Å². The van der Waals surface area contributed by atoms with E-state index in [1.807, 2.05) is 30.0 Å². The minimum atomic E-state index is -0.201. The zero-order chi connectivity index (χ0) is 16.8. The fraction of sp³-hybridized carbons (Fsp3) is 0.556. The number of likely N-dealkylation sites (tertiary alicyclic amines) is 1. The van der Waals surface area contributed by atoms with Gasteiger partial charge in [0, 0.05) is 49.3 Å². The maximum absolute atomic E-state index is 12.8. The van der Waals surface area contributed by atoms with Gasteiger partial charge in [-0.1, -0.05) is 15.9 Å². The second-order valence-corrected chi connectivity index (χ2v) is 8.11. The number of carbonyl (C=O) groups is 2. The third-order valence-electron chi connectivity index (χ3n) is 5.63. The van der Waals surface area contributed by atoms with Gasteiger partial charge in [-0.25, -0.2) is 0 Å². The fourth-order valence-electron chi connectivity index (χ4n) is 4.21. The number of nitrogens with one attached hydrogen (secondary N) is 1. The van der Waals surface area contributed by atoms with E-state index in [4.69, 9.17) is 0 Å². The van der Waals surface area contributed by atoms with Gasteiger partial charge in [-0.05, 0) is 42.5 Å². The summed E-state index contributed by atoms with van der Waals surface area (Å²) in [7, 11) is 0. The van der Waals surface area contributed by atoms with Crippen LogP contribution in [-0.2, 0) is 9.59 Å². The number of anilines is 1. The highest BCUT2D eigenvalue weighted by Gasteiger charge is 2.43. The molecule has 3 fully saturated rings. The number of rotatable bonds is 2. The first-order valence-electron chi connectivity index (χ1n) is 8.59. The van der Waals surface area contributed by atoms with Crippen LogP contribution < -0.4 is 10.2 Å². The molecule has 5 nitrogen and oxygen atoms in total. The van der Waals surface area contributed by atoms with Crippen LogP contribution in [0.4, 0.5) is 5.69 Å². The monoisotopic (exact) mass is 427 g/mol. The summed E-state index contributed by atoms with van der Waals surface area (Å²) in [5.74, 6) is 1.20. The van der Waals surface area contributed by atoms with Crippen LogP contribution in [0.25, 0.3) is 0 Å². The van der Waals surface area contributed by atoms with Crippen molar-refractivity contribution in [2.75, 3.05) is 37.6 Å². The second-order valence-electron chi connectivity index (χ2n) is 7.26. The minimum absolute atomic E-state index is 0. The van der Waals surface area contributed by atoms with Gasteiger partial charge >= 0.3 is 0 Å². The van der Waals surface area contributed by atoms with Gasteiger partial charge in [-0.3, -0.25) is 9.59 Å². The number of benzene rings is 1. The highest BCUT2D eigenvalue weighted by Crippen LogP contribution is 2.32. The Balaban J connectivity index is 0.00000182. The average molecular weight is 429 g/mol. The molecule has 1 aromatic rings. The van der Waals surface area contributed by atoms with Gasteiger partial charge in [-0.15, -0.1) is 12.4 Å². The molecule has 1 N–H and O–H groups in total. The number of nitrogens with zero attached hydrogens (tertiary/aromatic N) is 2. The van der Waals surface area contributed by atoms with E-state index in [-0.39, 0.29) is 30.1 Å². The lowest BCUT2D eigenvalue weighted by Crippen LogP contribution is -2.37. The van der Waals surface area contributed by atoms with E-state index < -0.39 is 0 Å². The first-order chi connectivity index (χ1) is 11.5. The summed E-state index contributed by atoms with van der Waals surface area (Å²) in [6.07, 6.45) is 0.331. The lowest BCUT2D eigenvalue weighted by Gasteiger charge is -2.22. The van der Waals surface area contributed by atoms with Crippen LogP contribution in [0, 0.1) is 24.7 Å². The molecular formula is C18H23BrClN3O2. The largest absolute Gasteiger partial charge is 0.342 e. The topological polar surface area (TPSA) is 52.7 Å². The van der Waals surface area contributed by atoms with Gasteiger partial charge in [0.2, 0.25) is 11.8 Å². The number of aryl methyl sites for hydroxylation is 1. The highest BCUT2D eigenvalue weighted by atomic mass is 79.9. The number of hydrogen-bond acceptors (Lipinski definition) is 3. The van der Waals surface area contributed by atoms with Crippen molar-refractivity contribution >= 4 is 45.8 Å². The molecule has 25 heavy (non-hydrogen) atoms. The summed E-state index contributed by atoms with van der Waals surface area (Å²) >= 11 is 3.49. The molecule has 3 heterocycles. The molecule has 0 aromatic heterocycles. The normalized spacial score (nSPS) is 28.2. The lowest BCUT2D eigenvalue weighted by molar-refractivity contribution is -0.135. The SMILES string of the molecule is Cc1cc(N2CC(C(=O)N3C[C@H]4CNC[C@H]4C3)CC2=O)ccc1Br.Cl. The predicted molar refractivity (Wildman–Crippen MR) is 103 cm³/mol. The van der Waals surface area contributed by atoms with E-state index in [0.29, 0.717) is 24.8 Å². The van der Waals surface area contributed by atoms with E-state index in [1.165, 1.54) is 0 Å². The third-order valence-corrected chi connectivity index (χ3v) is 6.52. The summed E-state index contributed by atoms with van der Waals surface area (Å²) < 4.78 is 1.03. The number of hydrogen-bond donors (Lipinski definition) is 1. The molecule has 3 saturated heterocycles. The molecule has 0 bridgehead atoms. The van der Waals surface area contributed by atoms with Crippen molar-refractivity contribution < 1.29 is 9.59 Å². The first-order valence-corrected chi connectivity index (χ1v) is 9.38. The number of carbonyl (C=O) groups excluding carboxylic acids is 2. The van der Waals surface area contributed by atoms with Gasteiger partial charge in [0.25, 0.3) is 0 Å². The lowest BCUT2D eigenvalue weighted by atomic mass is 10.0. The number of fused-ring (bicyclic) bond motifs is 1. The average Bonchev–Trinajstić information content (AvgIpc) is 3.23. The van der Waals surface area contributed by atoms with Gasteiger partial charge in [0.05, 0.1) is 5.92 Å². The standard InChI is InChI=1S/C18H22BrN3O2.ClH/c1-11-4-15(2-3-16(11)19)22-10-12(5-17(22)23)18(24)21-8-13-6-20-7-14(13)9-21;/h2-4,12-14,20H,5-10H2,1H3;1H/t12?,13-,14+;. The summed E-state index contributed by atoms with van der Waals surface area (Å²) in [5, 5.41) is 3.39. The van der Waals surface area contributed by atoms with Crippen molar-refractivity contribution in [2.24, 2.45) is 17.8 Å². The van der Waals surface area contributed by atoms with Crippen LogP contribution in [0.1, 0.15) is 12.0 Å². The van der Waals surface area contributed by atoms with Gasteiger partial charge < -0.3 is 15.1 Å². The molecule has 3 atom stereocenters. The molecule has 4 rings (SSSR count). The van der Waals surface area contributed by atoms with Crippen LogP contribution in [0.2, 0.25) is 0 Å². The maximum atomic E-state index is 12.8. The Hall–Kier alpha value is -1.11. The van der Waals surface area contributed by atoms with Crippen LogP contribution in [0.3, 0.4) is 0 Å². The molecule has 136 valence electrons. The quantitative estimate of drug-likeness (QED) is 0.786. The van der Waals surface area contributed by atoms with Gasteiger partial charge in [-0.2, -0.15) is 0 Å². The van der Waals surface area contributed by atoms with Crippen molar-refractivity contribution in [2.45, 2.75) is 13.3 Å². The Bertz CT molecular complexity index is 687. The van der Waals surface area contributed by atoms with E-state index in [1.54, 1.807) is 4.90 Å². The summed E-state index contributed by atoms with van der Waals surface area (Å²) in [5.41, 5.74) is 1.98. The zero-order valence-electron chi connectivity index (χ0n) is 14.2. The Morgan fingerprint density at radius 1 is 1.20 bits per heavy atom. The van der Waals surface area contributed by atoms with Crippen molar-refractivity contribution in [3.63, 3.8) is 0 Å². The van der Waals surface area contributed by atoms with E-state index in [0.717, 1.165) is 41.9 Å². The van der Waals surface area contributed by atoms with Crippen LogP contribution in [-0.4, -0.2) is 49.4 Å². The Kier molecular flexibility index (Phi) is 5.42. The van der Waals surface area contributed by atoms with E-state index >= 15 is 0 Å². The molecule has 0 spiro atoms. The minimum Gasteiger partial charge on any atom is -0.342 e. The maximum Gasteiger partial charge on any atom is 0.228 e. The molecule has 0 aliphatic carbocycles. The molecule has 3 aliphatic rings. The summed E-state index contributed by atoms with van der Waals surface area (Å²) in [6, 6.07) is 5.90. The predicted octanol–water partition coefficient (Wildman–Crippen LogP) is 2.21. The zero-order valence-corrected chi connectivity index (χ0v) is 16.6.